The number of carbonyl (C=O) groups is 2. The summed E-state index contributed by atoms with van der Waals surface area (Å²) in [5.74, 6) is 0.482. The highest BCUT2D eigenvalue weighted by atomic mass is 79.9. The van der Waals surface area contributed by atoms with Gasteiger partial charge < -0.3 is 19.3 Å². The molecule has 232 valence electrons. The first-order valence-corrected chi connectivity index (χ1v) is 17.6. The first-order chi connectivity index (χ1) is 18.8. The molecule has 0 amide bonds. The lowest BCUT2D eigenvalue weighted by Crippen LogP contribution is -2.35. The van der Waals surface area contributed by atoms with Gasteiger partial charge in [0.2, 0.25) is 0 Å². The summed E-state index contributed by atoms with van der Waals surface area (Å²) in [6.45, 7) is 14.9. The van der Waals surface area contributed by atoms with Crippen LogP contribution in [0.15, 0.2) is 45.3 Å². The Bertz CT molecular complexity index is 1060. The highest BCUT2D eigenvalue weighted by Gasteiger charge is 2.27. The second-order valence-corrected chi connectivity index (χ2v) is 15.3. The lowest BCUT2D eigenvalue weighted by atomic mass is 10.2. The maximum Gasteiger partial charge on any atom is 0.347 e. The van der Waals surface area contributed by atoms with Gasteiger partial charge in [0.1, 0.15) is 27.5 Å². The highest BCUT2D eigenvalue weighted by molar-refractivity contribution is 9.11. The maximum atomic E-state index is 12.2. The summed E-state index contributed by atoms with van der Waals surface area (Å²) in [5.41, 5.74) is 0.954. The summed E-state index contributed by atoms with van der Waals surface area (Å²) < 4.78 is 18.0. The summed E-state index contributed by atoms with van der Waals surface area (Å²) in [4.78, 5) is 23.3. The van der Waals surface area contributed by atoms with E-state index in [4.69, 9.17) is 19.3 Å². The number of ether oxygens (including phenoxy) is 3. The fourth-order valence-electron chi connectivity index (χ4n) is 2.80. The van der Waals surface area contributed by atoms with E-state index in [1.54, 1.807) is 0 Å². The van der Waals surface area contributed by atoms with E-state index in [9.17, 15) is 9.59 Å². The third kappa shape index (κ3) is 17.9. The van der Waals surface area contributed by atoms with Crippen LogP contribution in [0.3, 0.4) is 0 Å². The highest BCUT2D eigenvalue weighted by Crippen LogP contribution is 2.30. The average molecular weight is 897 g/mol. The van der Waals surface area contributed by atoms with Crippen LogP contribution in [0.2, 0.25) is 0 Å². The molecular formula is C30H41Br5O6. The number of benzene rings is 2. The van der Waals surface area contributed by atoms with Crippen molar-refractivity contribution in [3.05, 3.63) is 56.5 Å². The summed E-state index contributed by atoms with van der Waals surface area (Å²) in [7, 11) is 0. The zero-order valence-corrected chi connectivity index (χ0v) is 32.8. The van der Waals surface area contributed by atoms with Gasteiger partial charge in [0.05, 0.1) is 8.95 Å². The molecule has 2 aromatic carbocycles. The fourth-order valence-corrected chi connectivity index (χ4v) is 5.64. The largest absolute Gasteiger partial charge is 0.506 e. The maximum absolute atomic E-state index is 12.2. The van der Waals surface area contributed by atoms with E-state index >= 15 is 0 Å². The minimum atomic E-state index is -0.619. The number of phenolic OH excluding ortho intramolecular Hbond substituents is 1. The molecule has 11 heteroatoms. The second-order valence-electron chi connectivity index (χ2n) is 10.9. The Morgan fingerprint density at radius 1 is 0.780 bits per heavy atom. The summed E-state index contributed by atoms with van der Waals surface area (Å²) in [6.07, 6.45) is 0.677. The van der Waals surface area contributed by atoms with Crippen LogP contribution in [0.5, 0.6) is 11.5 Å². The van der Waals surface area contributed by atoms with Gasteiger partial charge in [-0.2, -0.15) is 0 Å². The van der Waals surface area contributed by atoms with Gasteiger partial charge in [0.15, 0.2) is 6.10 Å². The average Bonchev–Trinajstić information content (AvgIpc) is 2.83. The van der Waals surface area contributed by atoms with Crippen molar-refractivity contribution < 1.29 is 28.9 Å². The quantitative estimate of drug-likeness (QED) is 0.210. The van der Waals surface area contributed by atoms with Crippen LogP contribution in [0.25, 0.3) is 0 Å². The van der Waals surface area contributed by atoms with Gasteiger partial charge in [-0.25, -0.2) is 4.79 Å². The number of aromatic hydroxyl groups is 1. The third-order valence-electron chi connectivity index (χ3n) is 4.68. The molecule has 0 aliphatic carbocycles. The molecule has 0 saturated carbocycles. The predicted molar refractivity (Wildman–Crippen MR) is 185 cm³/mol. The molecule has 0 radical (unpaired) electrons. The van der Waals surface area contributed by atoms with E-state index < -0.39 is 17.3 Å². The molecule has 0 fully saturated rings. The van der Waals surface area contributed by atoms with Crippen molar-refractivity contribution in [2.45, 2.75) is 90.4 Å². The number of aryl methyl sites for hydroxylation is 2. The monoisotopic (exact) mass is 892 g/mol. The molecule has 1 N–H and O–H groups in total. The Kier molecular flexibility index (Phi) is 19.3. The molecule has 0 bridgehead atoms. The van der Waals surface area contributed by atoms with Crippen LogP contribution < -0.4 is 4.74 Å². The summed E-state index contributed by atoms with van der Waals surface area (Å²) >= 11 is 16.5. The number of carbonyl (C=O) groups excluding carboxylic acids is 2. The number of hydrogen-bond donors (Lipinski definition) is 1. The number of phenols is 1. The van der Waals surface area contributed by atoms with E-state index in [0.29, 0.717) is 23.2 Å². The van der Waals surface area contributed by atoms with Crippen molar-refractivity contribution in [1.82, 2.24) is 0 Å². The number of alkyl halides is 3. The molecule has 41 heavy (non-hydrogen) atoms. The molecule has 6 nitrogen and oxygen atoms in total. The molecule has 0 heterocycles. The number of para-hydroxylation sites is 2. The lowest BCUT2D eigenvalue weighted by molar-refractivity contribution is -0.163. The molecule has 0 saturated heterocycles. The molecule has 0 aliphatic rings. The minimum Gasteiger partial charge on any atom is -0.506 e. The number of rotatable bonds is 8. The first kappa shape index (κ1) is 40.4. The van der Waals surface area contributed by atoms with Crippen LogP contribution >= 0.6 is 79.6 Å². The van der Waals surface area contributed by atoms with Crippen molar-refractivity contribution in [1.29, 1.82) is 0 Å². The number of hydrogen-bond acceptors (Lipinski definition) is 6. The Morgan fingerprint density at radius 2 is 1.24 bits per heavy atom. The Morgan fingerprint density at radius 3 is 1.66 bits per heavy atom. The molecule has 2 aromatic rings. The SMILES string of the molecule is CC(C)(C)OC(=O)C(Br)CCBr.Cc1cccc(Br)c1O.Cc1cccc(Br)c1OC(CCBr)C(=O)OC(C)(C)C. The van der Waals surface area contributed by atoms with Gasteiger partial charge >= 0.3 is 11.9 Å². The predicted octanol–water partition coefficient (Wildman–Crippen LogP) is 9.97. The van der Waals surface area contributed by atoms with E-state index in [1.165, 1.54) is 0 Å². The minimum absolute atomic E-state index is 0.193. The Hall–Kier alpha value is -0.620. The van der Waals surface area contributed by atoms with Gasteiger partial charge in [-0.1, -0.05) is 72.1 Å². The van der Waals surface area contributed by atoms with Crippen LogP contribution in [-0.2, 0) is 19.1 Å². The zero-order chi connectivity index (χ0) is 32.0. The van der Waals surface area contributed by atoms with E-state index in [-0.39, 0.29) is 16.8 Å². The zero-order valence-electron chi connectivity index (χ0n) is 24.8. The molecular weight excluding hydrogens is 856 g/mol. The summed E-state index contributed by atoms with van der Waals surface area (Å²) in [6, 6.07) is 11.3. The van der Waals surface area contributed by atoms with E-state index in [2.05, 4.69) is 79.6 Å². The Balaban J connectivity index is 0.000000645. The van der Waals surface area contributed by atoms with Crippen LogP contribution in [0, 0.1) is 13.8 Å². The second kappa shape index (κ2) is 19.6. The topological polar surface area (TPSA) is 82.1 Å². The third-order valence-corrected chi connectivity index (χ3v) is 7.69. The molecule has 0 aromatic heterocycles. The van der Waals surface area contributed by atoms with Crippen molar-refractivity contribution in [2.75, 3.05) is 10.7 Å². The van der Waals surface area contributed by atoms with Crippen molar-refractivity contribution >= 4 is 91.6 Å². The van der Waals surface area contributed by atoms with Crippen molar-refractivity contribution in [3.63, 3.8) is 0 Å². The number of halogens is 5. The molecule has 0 aliphatic heterocycles. The molecule has 2 rings (SSSR count). The first-order valence-electron chi connectivity index (χ1n) is 12.9. The molecule has 0 spiro atoms. The number of esters is 2. The van der Waals surface area contributed by atoms with Gasteiger partial charge in [-0.3, -0.25) is 4.79 Å². The van der Waals surface area contributed by atoms with Gasteiger partial charge in [-0.15, -0.1) is 0 Å². The normalized spacial score (nSPS) is 12.5. The van der Waals surface area contributed by atoms with Crippen LogP contribution in [0.1, 0.15) is 65.5 Å². The van der Waals surface area contributed by atoms with Crippen LogP contribution in [0.4, 0.5) is 0 Å². The molecule has 2 atom stereocenters. The van der Waals surface area contributed by atoms with E-state index in [1.807, 2.05) is 91.8 Å². The standard InChI is InChI=1S/C15H20Br2O3.C8H14Br2O2.C7H7BrO/c1-10-6-5-7-11(17)13(10)19-12(8-9-16)14(18)20-15(2,3)4;1-8(2,3)12-7(11)6(10)4-5-9;1-5-3-2-4-6(8)7(5)9/h5-7,12H,8-9H2,1-4H3;6H,4-5H2,1-3H3;2-4,9H,1H3. The fraction of sp³-hybridized carbons (Fsp3) is 0.533. The van der Waals surface area contributed by atoms with Gasteiger partial charge in [-0.05, 0) is 117 Å². The van der Waals surface area contributed by atoms with Gasteiger partial charge in [0.25, 0.3) is 0 Å². The van der Waals surface area contributed by atoms with Crippen molar-refractivity contribution in [3.8, 4) is 11.5 Å². The Labute approximate surface area is 287 Å². The van der Waals surface area contributed by atoms with Crippen LogP contribution in [-0.4, -0.2) is 49.8 Å². The summed E-state index contributed by atoms with van der Waals surface area (Å²) in [5, 5.41) is 10.6. The van der Waals surface area contributed by atoms with Gasteiger partial charge in [0, 0.05) is 17.1 Å². The lowest BCUT2D eigenvalue weighted by Gasteiger charge is -2.25. The van der Waals surface area contributed by atoms with Crippen molar-refractivity contribution in [2.24, 2.45) is 0 Å². The molecule has 2 unspecified atom stereocenters. The van der Waals surface area contributed by atoms with E-state index in [0.717, 1.165) is 31.8 Å². The smallest absolute Gasteiger partial charge is 0.347 e.